The van der Waals surface area contributed by atoms with Crippen LogP contribution in [0.25, 0.3) is 0 Å². The highest BCUT2D eigenvalue weighted by Gasteiger charge is 2.20. The second-order valence-electron chi connectivity index (χ2n) is 3.88. The number of nitrogens with zero attached hydrogens (tertiary/aromatic N) is 2. The number of aryl methyl sites for hydroxylation is 2. The molecule has 1 unspecified atom stereocenters. The lowest BCUT2D eigenvalue weighted by Crippen LogP contribution is -2.09. The van der Waals surface area contributed by atoms with Crippen molar-refractivity contribution < 1.29 is 5.11 Å². The highest BCUT2D eigenvalue weighted by atomic mass is 127. The molecule has 0 spiro atoms. The zero-order valence-electron chi connectivity index (χ0n) is 9.48. The Morgan fingerprint density at radius 2 is 2.18 bits per heavy atom. The summed E-state index contributed by atoms with van der Waals surface area (Å²) in [7, 11) is 1.77. The van der Waals surface area contributed by atoms with Gasteiger partial charge in [-0.25, -0.2) is 0 Å². The molecule has 0 saturated heterocycles. The summed E-state index contributed by atoms with van der Waals surface area (Å²) in [5.41, 5.74) is 2.62. The molecular formula is C12H12ClIN2O. The van der Waals surface area contributed by atoms with Gasteiger partial charge in [0.15, 0.2) is 0 Å². The number of aliphatic hydroxyl groups is 1. The second kappa shape index (κ2) is 4.96. The van der Waals surface area contributed by atoms with Gasteiger partial charge in [-0.1, -0.05) is 29.8 Å². The minimum atomic E-state index is -0.748. The van der Waals surface area contributed by atoms with E-state index < -0.39 is 6.10 Å². The summed E-state index contributed by atoms with van der Waals surface area (Å²) in [5, 5.41) is 14.9. The van der Waals surface area contributed by atoms with Gasteiger partial charge in [0.05, 0.1) is 16.9 Å². The zero-order chi connectivity index (χ0) is 12.6. The van der Waals surface area contributed by atoms with Gasteiger partial charge in [-0.15, -0.1) is 0 Å². The Labute approximate surface area is 119 Å². The van der Waals surface area contributed by atoms with Gasteiger partial charge in [0, 0.05) is 16.2 Å². The van der Waals surface area contributed by atoms with E-state index in [-0.39, 0.29) is 0 Å². The van der Waals surface area contributed by atoms with Crippen LogP contribution in [-0.2, 0) is 7.05 Å². The molecule has 3 nitrogen and oxygen atoms in total. The van der Waals surface area contributed by atoms with Crippen LogP contribution in [-0.4, -0.2) is 14.9 Å². The zero-order valence-corrected chi connectivity index (χ0v) is 12.4. The second-order valence-corrected chi connectivity index (χ2v) is 5.37. The number of aliphatic hydroxyl groups excluding tert-OH is 1. The van der Waals surface area contributed by atoms with Crippen LogP contribution in [0.1, 0.15) is 22.9 Å². The highest BCUT2D eigenvalue weighted by molar-refractivity contribution is 14.1. The van der Waals surface area contributed by atoms with Gasteiger partial charge in [-0.05, 0) is 35.1 Å². The average molecular weight is 363 g/mol. The smallest absolute Gasteiger partial charge is 0.123 e. The summed E-state index contributed by atoms with van der Waals surface area (Å²) >= 11 is 8.27. The predicted molar refractivity (Wildman–Crippen MR) is 76.2 cm³/mol. The van der Waals surface area contributed by atoms with E-state index in [0.29, 0.717) is 10.7 Å². The largest absolute Gasteiger partial charge is 0.382 e. The predicted octanol–water partition coefficient (Wildman–Crippen LogP) is 3.07. The normalized spacial score (nSPS) is 12.8. The summed E-state index contributed by atoms with van der Waals surface area (Å²) in [5.74, 6) is 0. The third kappa shape index (κ3) is 2.34. The van der Waals surface area contributed by atoms with Crippen LogP contribution in [0.15, 0.2) is 24.4 Å². The monoisotopic (exact) mass is 362 g/mol. The topological polar surface area (TPSA) is 38.1 Å². The molecule has 0 radical (unpaired) electrons. The van der Waals surface area contributed by atoms with Gasteiger partial charge in [0.25, 0.3) is 0 Å². The van der Waals surface area contributed by atoms with Gasteiger partial charge in [-0.2, -0.15) is 5.10 Å². The fourth-order valence-electron chi connectivity index (χ4n) is 1.76. The number of hydrogen-bond acceptors (Lipinski definition) is 2. The minimum Gasteiger partial charge on any atom is -0.382 e. The number of halogens is 2. The Bertz CT molecular complexity index is 534. The van der Waals surface area contributed by atoms with Crippen molar-refractivity contribution in [3.63, 3.8) is 0 Å². The van der Waals surface area contributed by atoms with Crippen molar-refractivity contribution in [3.8, 4) is 0 Å². The molecule has 0 aliphatic carbocycles. The third-order valence-corrected chi connectivity index (χ3v) is 4.48. The molecule has 1 atom stereocenters. The van der Waals surface area contributed by atoms with Gasteiger partial charge in [0.2, 0.25) is 0 Å². The SMILES string of the molecule is Cc1cccc(C(O)c2c(Cl)cnn2C)c1I. The third-order valence-electron chi connectivity index (χ3n) is 2.71. The Balaban J connectivity index is 2.51. The average Bonchev–Trinajstić information content (AvgIpc) is 2.62. The van der Waals surface area contributed by atoms with Crippen molar-refractivity contribution in [1.82, 2.24) is 9.78 Å². The summed E-state index contributed by atoms with van der Waals surface area (Å²) in [6, 6.07) is 5.85. The molecule has 0 saturated carbocycles. The minimum absolute atomic E-state index is 0.484. The van der Waals surface area contributed by atoms with Crippen molar-refractivity contribution in [2.45, 2.75) is 13.0 Å². The van der Waals surface area contributed by atoms with Gasteiger partial charge in [-0.3, -0.25) is 4.68 Å². The van der Waals surface area contributed by atoms with E-state index in [2.05, 4.69) is 27.7 Å². The summed E-state index contributed by atoms with van der Waals surface area (Å²) in [6.07, 6.45) is 0.796. The Hall–Kier alpha value is -0.590. The maximum absolute atomic E-state index is 10.4. The van der Waals surface area contributed by atoms with Gasteiger partial charge in [0.1, 0.15) is 6.10 Å². The summed E-state index contributed by atoms with van der Waals surface area (Å²) < 4.78 is 2.65. The molecule has 2 aromatic rings. The Morgan fingerprint density at radius 1 is 1.47 bits per heavy atom. The molecular weight excluding hydrogens is 351 g/mol. The number of aromatic nitrogens is 2. The number of hydrogen-bond donors (Lipinski definition) is 1. The molecule has 1 aromatic heterocycles. The fourth-order valence-corrected chi connectivity index (χ4v) is 2.68. The van der Waals surface area contributed by atoms with E-state index in [1.165, 1.54) is 0 Å². The van der Waals surface area contributed by atoms with E-state index >= 15 is 0 Å². The van der Waals surface area contributed by atoms with Crippen LogP contribution >= 0.6 is 34.2 Å². The van der Waals surface area contributed by atoms with Crippen LogP contribution in [0.3, 0.4) is 0 Å². The van der Waals surface area contributed by atoms with E-state index in [1.807, 2.05) is 25.1 Å². The molecule has 0 bridgehead atoms. The number of rotatable bonds is 2. The van der Waals surface area contributed by atoms with Crippen LogP contribution in [0.4, 0.5) is 0 Å². The highest BCUT2D eigenvalue weighted by Crippen LogP contribution is 2.31. The molecule has 1 N–H and O–H groups in total. The van der Waals surface area contributed by atoms with Crippen molar-refractivity contribution in [1.29, 1.82) is 0 Å². The van der Waals surface area contributed by atoms with E-state index in [1.54, 1.807) is 17.9 Å². The fraction of sp³-hybridized carbons (Fsp3) is 0.250. The van der Waals surface area contributed by atoms with E-state index in [9.17, 15) is 5.11 Å². The van der Waals surface area contributed by atoms with Gasteiger partial charge < -0.3 is 5.11 Å². The molecule has 90 valence electrons. The van der Waals surface area contributed by atoms with Crippen LogP contribution in [0, 0.1) is 10.5 Å². The Kier molecular flexibility index (Phi) is 3.75. The molecule has 1 aromatic carbocycles. The Morgan fingerprint density at radius 3 is 2.76 bits per heavy atom. The van der Waals surface area contributed by atoms with Gasteiger partial charge >= 0.3 is 0 Å². The lowest BCUT2D eigenvalue weighted by molar-refractivity contribution is 0.209. The maximum Gasteiger partial charge on any atom is 0.123 e. The van der Waals surface area contributed by atoms with Crippen LogP contribution in [0.5, 0.6) is 0 Å². The number of benzene rings is 1. The molecule has 0 fully saturated rings. The first-order chi connectivity index (χ1) is 8.02. The van der Waals surface area contributed by atoms with E-state index in [4.69, 9.17) is 11.6 Å². The van der Waals surface area contributed by atoms with Crippen molar-refractivity contribution in [3.05, 3.63) is 49.8 Å². The standard InChI is InChI=1S/C12H12ClIN2O/c1-7-4-3-5-8(10(7)14)12(17)11-9(13)6-15-16(11)2/h3-6,12,17H,1-2H3. The lowest BCUT2D eigenvalue weighted by atomic mass is 10.0. The molecule has 17 heavy (non-hydrogen) atoms. The summed E-state index contributed by atoms with van der Waals surface area (Å²) in [4.78, 5) is 0. The molecule has 0 aliphatic heterocycles. The molecule has 1 heterocycles. The first-order valence-corrected chi connectivity index (χ1v) is 6.58. The van der Waals surface area contributed by atoms with Crippen LogP contribution in [0.2, 0.25) is 5.02 Å². The van der Waals surface area contributed by atoms with Crippen molar-refractivity contribution in [2.24, 2.45) is 7.05 Å². The maximum atomic E-state index is 10.4. The first-order valence-electron chi connectivity index (χ1n) is 5.13. The van der Waals surface area contributed by atoms with Crippen molar-refractivity contribution in [2.75, 3.05) is 0 Å². The molecule has 2 rings (SSSR count). The van der Waals surface area contributed by atoms with Crippen LogP contribution < -0.4 is 0 Å². The quantitative estimate of drug-likeness (QED) is 0.834. The molecule has 0 amide bonds. The molecule has 0 aliphatic rings. The first kappa shape index (κ1) is 12.9. The molecule has 5 heteroatoms. The lowest BCUT2D eigenvalue weighted by Gasteiger charge is -2.15. The van der Waals surface area contributed by atoms with Crippen molar-refractivity contribution >= 4 is 34.2 Å². The summed E-state index contributed by atoms with van der Waals surface area (Å²) in [6.45, 7) is 2.02. The van der Waals surface area contributed by atoms with E-state index in [0.717, 1.165) is 14.7 Å².